The molecule has 0 radical (unpaired) electrons. The summed E-state index contributed by atoms with van der Waals surface area (Å²) in [5, 5.41) is 9.01. The molecule has 0 aliphatic heterocycles. The molecular formula is C18H18O4. The first kappa shape index (κ1) is 15.6. The fourth-order valence-corrected chi connectivity index (χ4v) is 1.87. The van der Waals surface area contributed by atoms with E-state index >= 15 is 0 Å². The highest BCUT2D eigenvalue weighted by Gasteiger charge is 2.07. The van der Waals surface area contributed by atoms with Crippen molar-refractivity contribution < 1.29 is 19.4 Å². The Bertz CT molecular complexity index is 630. The Labute approximate surface area is 129 Å². The van der Waals surface area contributed by atoms with Crippen molar-refractivity contribution in [1.29, 1.82) is 0 Å². The monoisotopic (exact) mass is 298 g/mol. The molecule has 2 aromatic carbocycles. The normalized spacial score (nSPS) is 11.0. The first-order valence-corrected chi connectivity index (χ1v) is 7.03. The Balaban J connectivity index is 2.00. The Hall–Kier alpha value is -2.75. The highest BCUT2D eigenvalue weighted by molar-refractivity contribution is 5.89. The van der Waals surface area contributed by atoms with Crippen LogP contribution in [0.2, 0.25) is 0 Å². The average Bonchev–Trinajstić information content (AvgIpc) is 2.54. The first-order chi connectivity index (χ1) is 10.7. The molecule has 0 saturated heterocycles. The molecule has 0 bridgehead atoms. The number of hydrogen-bond acceptors (Lipinski definition) is 3. The van der Waals surface area contributed by atoms with Gasteiger partial charge in [-0.05, 0) is 36.3 Å². The number of carbonyl (C=O) groups is 1. The number of rotatable bonds is 7. The lowest BCUT2D eigenvalue weighted by Gasteiger charge is -2.07. The summed E-state index contributed by atoms with van der Waals surface area (Å²) in [4.78, 5) is 11.0. The summed E-state index contributed by atoms with van der Waals surface area (Å²) >= 11 is 0. The molecule has 0 saturated carbocycles. The molecule has 22 heavy (non-hydrogen) atoms. The third-order valence-corrected chi connectivity index (χ3v) is 2.94. The number of aliphatic carboxylic acids is 1. The van der Waals surface area contributed by atoms with Gasteiger partial charge in [0.1, 0.15) is 12.4 Å². The maximum absolute atomic E-state index is 11.0. The Morgan fingerprint density at radius 1 is 1.09 bits per heavy atom. The fraction of sp³-hybridized carbons (Fsp3) is 0.167. The highest BCUT2D eigenvalue weighted by Crippen LogP contribution is 2.16. The summed E-state index contributed by atoms with van der Waals surface area (Å²) in [6.07, 6.45) is 1.49. The molecule has 0 amide bonds. The van der Waals surface area contributed by atoms with Crippen LogP contribution in [0.3, 0.4) is 0 Å². The second kappa shape index (κ2) is 7.88. The van der Waals surface area contributed by atoms with Crippen molar-refractivity contribution in [1.82, 2.24) is 0 Å². The lowest BCUT2D eigenvalue weighted by Crippen LogP contribution is -2.04. The number of carboxylic acids is 1. The first-order valence-electron chi connectivity index (χ1n) is 7.03. The Kier molecular flexibility index (Phi) is 5.60. The summed E-state index contributed by atoms with van der Waals surface area (Å²) < 4.78 is 10.8. The molecule has 2 aromatic rings. The van der Waals surface area contributed by atoms with Crippen LogP contribution in [0.25, 0.3) is 6.08 Å². The van der Waals surface area contributed by atoms with Crippen molar-refractivity contribution >= 4 is 12.0 Å². The van der Waals surface area contributed by atoms with Crippen LogP contribution in [0.15, 0.2) is 60.4 Å². The minimum atomic E-state index is -1.08. The van der Waals surface area contributed by atoms with E-state index in [4.69, 9.17) is 14.6 Å². The van der Waals surface area contributed by atoms with Crippen LogP contribution in [0, 0.1) is 0 Å². The van der Waals surface area contributed by atoms with E-state index < -0.39 is 5.97 Å². The van der Waals surface area contributed by atoms with Gasteiger partial charge in [0.15, 0.2) is 0 Å². The number of ether oxygens (including phenoxy) is 2. The third-order valence-electron chi connectivity index (χ3n) is 2.94. The van der Waals surface area contributed by atoms with Crippen LogP contribution in [0.4, 0.5) is 0 Å². The van der Waals surface area contributed by atoms with Gasteiger partial charge in [0.05, 0.1) is 6.61 Å². The SMILES string of the molecule is CCO/C(=C\c1ccc(OCc2ccccc2)cc1)C(=O)O. The van der Waals surface area contributed by atoms with E-state index in [1.807, 2.05) is 30.3 Å². The standard InChI is InChI=1S/C18H18O4/c1-2-21-17(18(19)20)12-14-8-10-16(11-9-14)22-13-15-6-4-3-5-7-15/h3-12H,2,13H2,1H3,(H,19,20)/b17-12-. The van der Waals surface area contributed by atoms with Crippen molar-refractivity contribution in [2.75, 3.05) is 6.61 Å². The van der Waals surface area contributed by atoms with Crippen LogP contribution in [-0.4, -0.2) is 17.7 Å². The van der Waals surface area contributed by atoms with E-state index in [0.717, 1.165) is 16.9 Å². The molecule has 0 aromatic heterocycles. The lowest BCUT2D eigenvalue weighted by molar-refractivity contribution is -0.136. The van der Waals surface area contributed by atoms with E-state index in [1.165, 1.54) is 6.08 Å². The molecule has 0 atom stereocenters. The van der Waals surface area contributed by atoms with E-state index in [1.54, 1.807) is 31.2 Å². The highest BCUT2D eigenvalue weighted by atomic mass is 16.5. The molecule has 0 aliphatic rings. The quantitative estimate of drug-likeness (QED) is 0.625. The molecule has 1 N–H and O–H groups in total. The Morgan fingerprint density at radius 3 is 2.36 bits per heavy atom. The van der Waals surface area contributed by atoms with Gasteiger partial charge in [0, 0.05) is 0 Å². The fourth-order valence-electron chi connectivity index (χ4n) is 1.87. The predicted octanol–water partition coefficient (Wildman–Crippen LogP) is 3.73. The smallest absolute Gasteiger partial charge is 0.371 e. The number of carboxylic acid groups (broad SMARTS) is 1. The molecule has 0 heterocycles. The largest absolute Gasteiger partial charge is 0.489 e. The van der Waals surface area contributed by atoms with Gasteiger partial charge >= 0.3 is 5.97 Å². The summed E-state index contributed by atoms with van der Waals surface area (Å²) in [5.41, 5.74) is 1.84. The maximum atomic E-state index is 11.0. The van der Waals surface area contributed by atoms with Gasteiger partial charge in [-0.25, -0.2) is 4.79 Å². The zero-order chi connectivity index (χ0) is 15.8. The minimum Gasteiger partial charge on any atom is -0.489 e. The zero-order valence-electron chi connectivity index (χ0n) is 12.4. The van der Waals surface area contributed by atoms with Crippen LogP contribution >= 0.6 is 0 Å². The van der Waals surface area contributed by atoms with Crippen LogP contribution in [-0.2, 0) is 16.1 Å². The van der Waals surface area contributed by atoms with E-state index in [-0.39, 0.29) is 5.76 Å². The van der Waals surface area contributed by atoms with Crippen molar-refractivity contribution in [3.05, 3.63) is 71.5 Å². The molecule has 4 heteroatoms. The zero-order valence-corrected chi connectivity index (χ0v) is 12.4. The summed E-state index contributed by atoms with van der Waals surface area (Å²) in [6.45, 7) is 2.56. The minimum absolute atomic E-state index is 0.0690. The van der Waals surface area contributed by atoms with E-state index in [9.17, 15) is 4.79 Å². The molecule has 0 aliphatic carbocycles. The van der Waals surface area contributed by atoms with E-state index in [0.29, 0.717) is 13.2 Å². The topological polar surface area (TPSA) is 55.8 Å². The third kappa shape index (κ3) is 4.66. The van der Waals surface area contributed by atoms with Crippen LogP contribution < -0.4 is 4.74 Å². The van der Waals surface area contributed by atoms with Gasteiger partial charge in [-0.2, -0.15) is 0 Å². The maximum Gasteiger partial charge on any atom is 0.371 e. The van der Waals surface area contributed by atoms with Crippen LogP contribution in [0.5, 0.6) is 5.75 Å². The molecule has 114 valence electrons. The molecule has 0 unspecified atom stereocenters. The summed E-state index contributed by atoms with van der Waals surface area (Å²) in [5.74, 6) is -0.416. The summed E-state index contributed by atoms with van der Waals surface area (Å²) in [7, 11) is 0. The molecule has 0 fully saturated rings. The molecule has 4 nitrogen and oxygen atoms in total. The predicted molar refractivity (Wildman–Crippen MR) is 84.5 cm³/mol. The number of hydrogen-bond donors (Lipinski definition) is 1. The van der Waals surface area contributed by atoms with Gasteiger partial charge < -0.3 is 14.6 Å². The average molecular weight is 298 g/mol. The summed E-state index contributed by atoms with van der Waals surface area (Å²) in [6, 6.07) is 17.1. The van der Waals surface area contributed by atoms with Gasteiger partial charge in [0.25, 0.3) is 0 Å². The van der Waals surface area contributed by atoms with Crippen molar-refractivity contribution in [2.45, 2.75) is 13.5 Å². The molecule has 2 rings (SSSR count). The van der Waals surface area contributed by atoms with Crippen LogP contribution in [0.1, 0.15) is 18.1 Å². The van der Waals surface area contributed by atoms with Crippen molar-refractivity contribution in [3.63, 3.8) is 0 Å². The lowest BCUT2D eigenvalue weighted by atomic mass is 10.2. The Morgan fingerprint density at radius 2 is 1.77 bits per heavy atom. The molecule has 0 spiro atoms. The van der Waals surface area contributed by atoms with Crippen molar-refractivity contribution in [2.24, 2.45) is 0 Å². The van der Waals surface area contributed by atoms with Gasteiger partial charge in [-0.3, -0.25) is 0 Å². The number of benzene rings is 2. The van der Waals surface area contributed by atoms with Gasteiger partial charge in [-0.15, -0.1) is 0 Å². The second-order valence-corrected chi connectivity index (χ2v) is 4.59. The second-order valence-electron chi connectivity index (χ2n) is 4.59. The van der Waals surface area contributed by atoms with E-state index in [2.05, 4.69) is 0 Å². The van der Waals surface area contributed by atoms with Crippen molar-refractivity contribution in [3.8, 4) is 5.75 Å². The van der Waals surface area contributed by atoms with Gasteiger partial charge in [0.2, 0.25) is 5.76 Å². The molecular weight excluding hydrogens is 280 g/mol. The van der Waals surface area contributed by atoms with Gasteiger partial charge in [-0.1, -0.05) is 42.5 Å².